The van der Waals surface area contributed by atoms with E-state index in [4.69, 9.17) is 4.74 Å². The quantitative estimate of drug-likeness (QED) is 0.494. The number of aromatic nitrogens is 1. The van der Waals surface area contributed by atoms with Gasteiger partial charge in [-0.05, 0) is 30.7 Å². The van der Waals surface area contributed by atoms with Gasteiger partial charge in [0.15, 0.2) is 5.52 Å². The summed E-state index contributed by atoms with van der Waals surface area (Å²) < 4.78 is 5.27. The smallest absolute Gasteiger partial charge is 0.295 e. The molecule has 0 spiro atoms. The van der Waals surface area contributed by atoms with Crippen LogP contribution in [0.25, 0.3) is 10.9 Å². The molecule has 1 aromatic heterocycles. The van der Waals surface area contributed by atoms with Gasteiger partial charge in [-0.15, -0.1) is 0 Å². The zero-order valence-electron chi connectivity index (χ0n) is 15.8. The number of nitro groups is 1. The monoisotopic (exact) mass is 380 g/mol. The standard InChI is InChI=1S/C20H20N4O4/c1-12-9-16(15-5-4-6-18(24(26)27)20(15)22-12)21-11-14-7-8-19(28-3)17(10-14)23-13(2)25/h4-10H,11H2,1-3H3,(H,21,22)(H,23,25). The third-order valence-corrected chi connectivity index (χ3v) is 4.20. The summed E-state index contributed by atoms with van der Waals surface area (Å²) in [5.41, 5.74) is 3.25. The van der Waals surface area contributed by atoms with Gasteiger partial charge in [0.05, 0.1) is 17.7 Å². The average Bonchev–Trinajstić information content (AvgIpc) is 2.65. The molecular weight excluding hydrogens is 360 g/mol. The van der Waals surface area contributed by atoms with Gasteiger partial charge in [-0.1, -0.05) is 18.2 Å². The number of fused-ring (bicyclic) bond motifs is 1. The van der Waals surface area contributed by atoms with Gasteiger partial charge in [0, 0.05) is 36.3 Å². The molecule has 2 aromatic carbocycles. The molecule has 0 aliphatic heterocycles. The Labute approximate surface area is 161 Å². The summed E-state index contributed by atoms with van der Waals surface area (Å²) >= 11 is 0. The van der Waals surface area contributed by atoms with Crippen molar-refractivity contribution >= 4 is 33.9 Å². The first-order valence-electron chi connectivity index (χ1n) is 8.62. The number of amides is 1. The molecule has 1 amide bonds. The van der Waals surface area contributed by atoms with Gasteiger partial charge in [-0.2, -0.15) is 0 Å². The topological polar surface area (TPSA) is 106 Å². The van der Waals surface area contributed by atoms with E-state index in [1.807, 2.05) is 18.2 Å². The van der Waals surface area contributed by atoms with Crippen LogP contribution in [0.4, 0.5) is 17.1 Å². The molecule has 3 aromatic rings. The number of nitro benzene ring substituents is 1. The predicted octanol–water partition coefficient (Wildman–Crippen LogP) is 4.03. The molecule has 8 nitrogen and oxygen atoms in total. The number of hydrogen-bond donors (Lipinski definition) is 2. The molecule has 0 bridgehead atoms. The Balaban J connectivity index is 1.93. The van der Waals surface area contributed by atoms with E-state index >= 15 is 0 Å². The van der Waals surface area contributed by atoms with Crippen molar-refractivity contribution in [2.45, 2.75) is 20.4 Å². The molecule has 0 aliphatic carbocycles. The van der Waals surface area contributed by atoms with Crippen molar-refractivity contribution in [2.75, 3.05) is 17.7 Å². The summed E-state index contributed by atoms with van der Waals surface area (Å²) in [6, 6.07) is 12.2. The summed E-state index contributed by atoms with van der Waals surface area (Å²) in [5, 5.41) is 18.0. The van der Waals surface area contributed by atoms with Crippen LogP contribution in [0.5, 0.6) is 5.75 Å². The number of aryl methyl sites for hydroxylation is 1. The van der Waals surface area contributed by atoms with Crippen molar-refractivity contribution in [2.24, 2.45) is 0 Å². The van der Waals surface area contributed by atoms with Crippen LogP contribution >= 0.6 is 0 Å². The molecule has 2 N–H and O–H groups in total. The number of nitrogens with one attached hydrogen (secondary N) is 2. The normalized spacial score (nSPS) is 10.5. The molecule has 0 saturated heterocycles. The molecule has 0 unspecified atom stereocenters. The second kappa shape index (κ2) is 7.91. The number of nitrogens with zero attached hydrogens (tertiary/aromatic N) is 2. The molecule has 0 radical (unpaired) electrons. The molecular formula is C20H20N4O4. The molecule has 1 heterocycles. The number of anilines is 2. The van der Waals surface area contributed by atoms with Crippen molar-refractivity contribution in [1.82, 2.24) is 4.98 Å². The van der Waals surface area contributed by atoms with E-state index in [9.17, 15) is 14.9 Å². The van der Waals surface area contributed by atoms with Crippen LogP contribution in [0.3, 0.4) is 0 Å². The second-order valence-electron chi connectivity index (χ2n) is 6.31. The lowest BCUT2D eigenvalue weighted by Gasteiger charge is -2.14. The Hall–Kier alpha value is -3.68. The van der Waals surface area contributed by atoms with E-state index in [2.05, 4.69) is 15.6 Å². The zero-order valence-corrected chi connectivity index (χ0v) is 15.8. The fourth-order valence-corrected chi connectivity index (χ4v) is 3.00. The number of carbonyl (C=O) groups excluding carboxylic acids is 1. The van der Waals surface area contributed by atoms with Crippen molar-refractivity contribution in [3.05, 3.63) is 63.8 Å². The number of rotatable bonds is 6. The van der Waals surface area contributed by atoms with Crippen LogP contribution in [-0.4, -0.2) is 22.9 Å². The minimum absolute atomic E-state index is 0.0263. The highest BCUT2D eigenvalue weighted by Crippen LogP contribution is 2.31. The fourth-order valence-electron chi connectivity index (χ4n) is 3.00. The molecule has 28 heavy (non-hydrogen) atoms. The van der Waals surface area contributed by atoms with Crippen LogP contribution in [0.15, 0.2) is 42.5 Å². The van der Waals surface area contributed by atoms with Crippen molar-refractivity contribution in [3.8, 4) is 5.75 Å². The van der Waals surface area contributed by atoms with Crippen LogP contribution in [0.1, 0.15) is 18.2 Å². The number of carbonyl (C=O) groups is 1. The van der Waals surface area contributed by atoms with E-state index < -0.39 is 4.92 Å². The van der Waals surface area contributed by atoms with Crippen molar-refractivity contribution in [3.63, 3.8) is 0 Å². The van der Waals surface area contributed by atoms with Gasteiger partial charge in [0.2, 0.25) is 5.91 Å². The molecule has 0 aliphatic rings. The van der Waals surface area contributed by atoms with Gasteiger partial charge in [-0.25, -0.2) is 4.98 Å². The van der Waals surface area contributed by atoms with Crippen LogP contribution < -0.4 is 15.4 Å². The highest BCUT2D eigenvalue weighted by Gasteiger charge is 2.15. The largest absolute Gasteiger partial charge is 0.495 e. The van der Waals surface area contributed by atoms with E-state index in [0.717, 1.165) is 11.3 Å². The average molecular weight is 380 g/mol. The summed E-state index contributed by atoms with van der Waals surface area (Å²) in [7, 11) is 1.54. The maximum atomic E-state index is 11.4. The van der Waals surface area contributed by atoms with Gasteiger partial charge < -0.3 is 15.4 Å². The molecule has 8 heteroatoms. The lowest BCUT2D eigenvalue weighted by Crippen LogP contribution is -2.08. The number of hydrogen-bond acceptors (Lipinski definition) is 6. The molecule has 3 rings (SSSR count). The maximum absolute atomic E-state index is 11.4. The molecule has 0 saturated carbocycles. The van der Waals surface area contributed by atoms with Gasteiger partial charge >= 0.3 is 0 Å². The summed E-state index contributed by atoms with van der Waals surface area (Å²) in [6.45, 7) is 3.69. The Bertz CT molecular complexity index is 1070. The molecule has 0 atom stereocenters. The summed E-state index contributed by atoms with van der Waals surface area (Å²) in [4.78, 5) is 26.6. The molecule has 144 valence electrons. The highest BCUT2D eigenvalue weighted by molar-refractivity contribution is 5.96. The van der Waals surface area contributed by atoms with E-state index in [-0.39, 0.29) is 11.6 Å². The summed E-state index contributed by atoms with van der Waals surface area (Å²) in [6.07, 6.45) is 0. The molecule has 0 fully saturated rings. The third kappa shape index (κ3) is 4.01. The van der Waals surface area contributed by atoms with Crippen LogP contribution in [0, 0.1) is 17.0 Å². The minimum atomic E-state index is -0.429. The van der Waals surface area contributed by atoms with Crippen molar-refractivity contribution in [1.29, 1.82) is 0 Å². The predicted molar refractivity (Wildman–Crippen MR) is 108 cm³/mol. The van der Waals surface area contributed by atoms with Crippen LogP contribution in [0.2, 0.25) is 0 Å². The van der Waals surface area contributed by atoms with Crippen LogP contribution in [-0.2, 0) is 11.3 Å². The lowest BCUT2D eigenvalue weighted by atomic mass is 10.1. The van der Waals surface area contributed by atoms with E-state index in [1.54, 1.807) is 25.1 Å². The van der Waals surface area contributed by atoms with Gasteiger partial charge in [0.1, 0.15) is 5.75 Å². The zero-order chi connectivity index (χ0) is 20.3. The number of benzene rings is 2. The Kier molecular flexibility index (Phi) is 5.39. The maximum Gasteiger partial charge on any atom is 0.295 e. The Morgan fingerprint density at radius 1 is 1.21 bits per heavy atom. The number of pyridine rings is 1. The summed E-state index contributed by atoms with van der Waals surface area (Å²) in [5.74, 6) is 0.381. The van der Waals surface area contributed by atoms with Gasteiger partial charge in [0.25, 0.3) is 5.69 Å². The van der Waals surface area contributed by atoms with Gasteiger partial charge in [-0.3, -0.25) is 14.9 Å². The van der Waals surface area contributed by atoms with E-state index in [0.29, 0.717) is 34.6 Å². The second-order valence-corrected chi connectivity index (χ2v) is 6.31. The first-order valence-corrected chi connectivity index (χ1v) is 8.62. The fraction of sp³-hybridized carbons (Fsp3) is 0.200. The Morgan fingerprint density at radius 2 is 2.00 bits per heavy atom. The number of ether oxygens (including phenoxy) is 1. The van der Waals surface area contributed by atoms with Crippen molar-refractivity contribution < 1.29 is 14.5 Å². The number of methoxy groups -OCH3 is 1. The first kappa shape index (κ1) is 19.1. The minimum Gasteiger partial charge on any atom is -0.495 e. The first-order chi connectivity index (χ1) is 13.4. The SMILES string of the molecule is COc1ccc(CNc2cc(C)nc3c([N+](=O)[O-])cccc23)cc1NC(C)=O. The number of para-hydroxylation sites is 1. The number of non-ortho nitro benzene ring substituents is 1. The van der Waals surface area contributed by atoms with E-state index in [1.165, 1.54) is 20.1 Å². The third-order valence-electron chi connectivity index (χ3n) is 4.20. The highest BCUT2D eigenvalue weighted by atomic mass is 16.6. The lowest BCUT2D eigenvalue weighted by molar-refractivity contribution is -0.383. The Morgan fingerprint density at radius 3 is 2.68 bits per heavy atom.